The van der Waals surface area contributed by atoms with Crippen LogP contribution in [0, 0.1) is 6.92 Å². The highest BCUT2D eigenvalue weighted by Gasteiger charge is 2.09. The molecule has 0 amide bonds. The van der Waals surface area contributed by atoms with Crippen LogP contribution in [0.4, 0.5) is 0 Å². The number of hydrogen-bond acceptors (Lipinski definition) is 4. The highest BCUT2D eigenvalue weighted by Crippen LogP contribution is 2.06. The number of pyridine rings is 1. The van der Waals surface area contributed by atoms with Gasteiger partial charge in [0.15, 0.2) is 5.89 Å². The SMILES string of the molecule is Cc1coc(CC(N)Cc2cccnc2)n1. The lowest BCUT2D eigenvalue weighted by molar-refractivity contribution is 0.468. The molecule has 4 heteroatoms. The molecule has 0 fully saturated rings. The van der Waals surface area contributed by atoms with Gasteiger partial charge in [-0.25, -0.2) is 4.98 Å². The molecule has 0 aliphatic heterocycles. The van der Waals surface area contributed by atoms with E-state index in [-0.39, 0.29) is 6.04 Å². The zero-order valence-electron chi connectivity index (χ0n) is 9.26. The van der Waals surface area contributed by atoms with E-state index in [1.54, 1.807) is 12.5 Å². The van der Waals surface area contributed by atoms with Crippen LogP contribution in [0.5, 0.6) is 0 Å². The fourth-order valence-corrected chi connectivity index (χ4v) is 1.61. The molecule has 0 radical (unpaired) electrons. The number of aryl methyl sites for hydroxylation is 1. The fourth-order valence-electron chi connectivity index (χ4n) is 1.61. The van der Waals surface area contributed by atoms with Gasteiger partial charge >= 0.3 is 0 Å². The summed E-state index contributed by atoms with van der Waals surface area (Å²) in [5, 5.41) is 0. The molecule has 84 valence electrons. The molecule has 2 aromatic heterocycles. The van der Waals surface area contributed by atoms with Crippen LogP contribution in [0.1, 0.15) is 17.1 Å². The molecule has 0 spiro atoms. The van der Waals surface area contributed by atoms with E-state index in [0.29, 0.717) is 12.3 Å². The van der Waals surface area contributed by atoms with E-state index < -0.39 is 0 Å². The summed E-state index contributed by atoms with van der Waals surface area (Å²) in [5.74, 6) is 0.703. The number of oxazole rings is 1. The maximum atomic E-state index is 6.02. The minimum Gasteiger partial charge on any atom is -0.449 e. The topological polar surface area (TPSA) is 64.9 Å². The highest BCUT2D eigenvalue weighted by atomic mass is 16.3. The molecule has 1 atom stereocenters. The highest BCUT2D eigenvalue weighted by molar-refractivity contribution is 5.10. The molecule has 0 bridgehead atoms. The molecular formula is C12H15N3O. The Labute approximate surface area is 94.5 Å². The number of nitrogens with zero attached hydrogens (tertiary/aromatic N) is 2. The molecule has 0 aliphatic rings. The third-order valence-electron chi connectivity index (χ3n) is 2.32. The van der Waals surface area contributed by atoms with Crippen molar-refractivity contribution in [3.8, 4) is 0 Å². The molecule has 16 heavy (non-hydrogen) atoms. The Bertz CT molecular complexity index is 439. The Morgan fingerprint density at radius 3 is 2.94 bits per heavy atom. The van der Waals surface area contributed by atoms with Gasteiger partial charge in [-0.15, -0.1) is 0 Å². The van der Waals surface area contributed by atoms with E-state index in [0.717, 1.165) is 17.7 Å². The lowest BCUT2D eigenvalue weighted by Crippen LogP contribution is -2.25. The summed E-state index contributed by atoms with van der Waals surface area (Å²) in [4.78, 5) is 8.28. The van der Waals surface area contributed by atoms with Crippen molar-refractivity contribution >= 4 is 0 Å². The number of hydrogen-bond donors (Lipinski definition) is 1. The van der Waals surface area contributed by atoms with Crippen LogP contribution in [-0.4, -0.2) is 16.0 Å². The average molecular weight is 217 g/mol. The summed E-state index contributed by atoms with van der Waals surface area (Å²) in [6.07, 6.45) is 6.68. The van der Waals surface area contributed by atoms with E-state index >= 15 is 0 Å². The van der Waals surface area contributed by atoms with Gasteiger partial charge in [0.2, 0.25) is 0 Å². The molecule has 2 rings (SSSR count). The molecular weight excluding hydrogens is 202 g/mol. The van der Waals surface area contributed by atoms with Crippen LogP contribution in [0.3, 0.4) is 0 Å². The second-order valence-corrected chi connectivity index (χ2v) is 3.91. The quantitative estimate of drug-likeness (QED) is 0.842. The summed E-state index contributed by atoms with van der Waals surface area (Å²) in [7, 11) is 0. The number of rotatable bonds is 4. The fraction of sp³-hybridized carbons (Fsp3) is 0.333. The number of aromatic nitrogens is 2. The molecule has 1 unspecified atom stereocenters. The van der Waals surface area contributed by atoms with Crippen LogP contribution < -0.4 is 5.73 Å². The first-order valence-corrected chi connectivity index (χ1v) is 5.29. The van der Waals surface area contributed by atoms with Crippen molar-refractivity contribution in [2.75, 3.05) is 0 Å². The van der Waals surface area contributed by atoms with Gasteiger partial charge in [-0.2, -0.15) is 0 Å². The van der Waals surface area contributed by atoms with Gasteiger partial charge in [-0.1, -0.05) is 6.07 Å². The molecule has 0 saturated heterocycles. The van der Waals surface area contributed by atoms with Gasteiger partial charge in [-0.3, -0.25) is 4.98 Å². The maximum Gasteiger partial charge on any atom is 0.195 e. The third kappa shape index (κ3) is 2.90. The van der Waals surface area contributed by atoms with E-state index in [2.05, 4.69) is 9.97 Å². The Morgan fingerprint density at radius 1 is 1.44 bits per heavy atom. The minimum atomic E-state index is 0.0160. The second kappa shape index (κ2) is 4.90. The standard InChI is InChI=1S/C12H15N3O/c1-9-8-16-12(15-9)6-11(13)5-10-3-2-4-14-7-10/h2-4,7-8,11H,5-6,13H2,1H3. The van der Waals surface area contributed by atoms with Crippen molar-refractivity contribution in [2.24, 2.45) is 5.73 Å². The summed E-state index contributed by atoms with van der Waals surface area (Å²) < 4.78 is 5.27. The first kappa shape index (κ1) is 10.8. The first-order valence-electron chi connectivity index (χ1n) is 5.29. The van der Waals surface area contributed by atoms with Gasteiger partial charge < -0.3 is 10.2 Å². The largest absolute Gasteiger partial charge is 0.449 e. The normalized spacial score (nSPS) is 12.6. The predicted molar refractivity (Wildman–Crippen MR) is 60.9 cm³/mol. The maximum absolute atomic E-state index is 6.02. The first-order chi connectivity index (χ1) is 7.74. The minimum absolute atomic E-state index is 0.0160. The zero-order valence-corrected chi connectivity index (χ0v) is 9.26. The summed E-state index contributed by atoms with van der Waals surface area (Å²) in [5.41, 5.74) is 8.05. The monoisotopic (exact) mass is 217 g/mol. The van der Waals surface area contributed by atoms with Crippen molar-refractivity contribution < 1.29 is 4.42 Å². The molecule has 2 heterocycles. The third-order valence-corrected chi connectivity index (χ3v) is 2.32. The van der Waals surface area contributed by atoms with Crippen molar-refractivity contribution in [1.82, 2.24) is 9.97 Å². The van der Waals surface area contributed by atoms with Crippen LogP contribution in [0.25, 0.3) is 0 Å². The van der Waals surface area contributed by atoms with Gasteiger partial charge in [-0.05, 0) is 25.0 Å². The van der Waals surface area contributed by atoms with Crippen LogP contribution >= 0.6 is 0 Å². The summed E-state index contributed by atoms with van der Waals surface area (Å²) in [6.45, 7) is 1.90. The Balaban J connectivity index is 1.92. The molecule has 2 N–H and O–H groups in total. The smallest absolute Gasteiger partial charge is 0.195 e. The average Bonchev–Trinajstić information content (AvgIpc) is 2.65. The van der Waals surface area contributed by atoms with Crippen molar-refractivity contribution in [3.63, 3.8) is 0 Å². The molecule has 0 saturated carbocycles. The van der Waals surface area contributed by atoms with Gasteiger partial charge in [0.1, 0.15) is 6.26 Å². The Hall–Kier alpha value is -1.68. The van der Waals surface area contributed by atoms with E-state index in [9.17, 15) is 0 Å². The van der Waals surface area contributed by atoms with E-state index in [1.807, 2.05) is 25.3 Å². The van der Waals surface area contributed by atoms with Crippen molar-refractivity contribution in [3.05, 3.63) is 47.9 Å². The molecule has 2 aromatic rings. The number of nitrogens with two attached hydrogens (primary N) is 1. The lowest BCUT2D eigenvalue weighted by atomic mass is 10.1. The Kier molecular flexibility index (Phi) is 3.31. The van der Waals surface area contributed by atoms with Crippen molar-refractivity contribution in [1.29, 1.82) is 0 Å². The van der Waals surface area contributed by atoms with E-state index in [4.69, 9.17) is 10.2 Å². The summed E-state index contributed by atoms with van der Waals surface area (Å²) >= 11 is 0. The molecule has 4 nitrogen and oxygen atoms in total. The second-order valence-electron chi connectivity index (χ2n) is 3.91. The molecule has 0 aromatic carbocycles. The van der Waals surface area contributed by atoms with Gasteiger partial charge in [0, 0.05) is 24.9 Å². The van der Waals surface area contributed by atoms with Gasteiger partial charge in [0.05, 0.1) is 5.69 Å². The van der Waals surface area contributed by atoms with Crippen LogP contribution in [-0.2, 0) is 12.8 Å². The molecule has 0 aliphatic carbocycles. The zero-order chi connectivity index (χ0) is 11.4. The van der Waals surface area contributed by atoms with Crippen molar-refractivity contribution in [2.45, 2.75) is 25.8 Å². The lowest BCUT2D eigenvalue weighted by Gasteiger charge is -2.08. The predicted octanol–water partition coefficient (Wildman–Crippen LogP) is 1.49. The summed E-state index contributed by atoms with van der Waals surface area (Å²) in [6, 6.07) is 3.95. The van der Waals surface area contributed by atoms with Crippen LogP contribution in [0.2, 0.25) is 0 Å². The van der Waals surface area contributed by atoms with E-state index in [1.165, 1.54) is 0 Å². The van der Waals surface area contributed by atoms with Crippen LogP contribution in [0.15, 0.2) is 35.2 Å². The van der Waals surface area contributed by atoms with Gasteiger partial charge in [0.25, 0.3) is 0 Å². The Morgan fingerprint density at radius 2 is 2.31 bits per heavy atom.